The number of anilines is 4. The Balaban J connectivity index is 1.49. The molecule has 0 unspecified atom stereocenters. The molecular weight excluding hydrogens is 456 g/mol. The SMILES string of the molecule is COc1cc(OC2CCN(C)CC2)ccc1Nc1ncnc(Nc2ccccc2S(C)(=O)=O)n1. The van der Waals surface area contributed by atoms with Gasteiger partial charge < -0.3 is 25.0 Å². The number of hydrogen-bond acceptors (Lipinski definition) is 10. The summed E-state index contributed by atoms with van der Waals surface area (Å²) in [7, 11) is 0.284. The van der Waals surface area contributed by atoms with Crippen molar-refractivity contribution in [3.8, 4) is 11.5 Å². The van der Waals surface area contributed by atoms with Crippen molar-refractivity contribution in [2.45, 2.75) is 23.8 Å². The number of piperidine rings is 1. The van der Waals surface area contributed by atoms with Crippen LogP contribution in [0.15, 0.2) is 53.7 Å². The molecule has 2 aromatic carbocycles. The Morgan fingerprint density at radius 3 is 2.35 bits per heavy atom. The lowest BCUT2D eigenvalue weighted by molar-refractivity contribution is 0.114. The van der Waals surface area contributed by atoms with Crippen molar-refractivity contribution in [1.29, 1.82) is 0 Å². The van der Waals surface area contributed by atoms with E-state index >= 15 is 0 Å². The lowest BCUT2D eigenvalue weighted by Gasteiger charge is -2.29. The molecule has 11 heteroatoms. The van der Waals surface area contributed by atoms with Crippen LogP contribution in [0.1, 0.15) is 12.8 Å². The molecule has 0 amide bonds. The maximum atomic E-state index is 12.1. The summed E-state index contributed by atoms with van der Waals surface area (Å²) in [5, 5.41) is 6.08. The Kier molecular flexibility index (Phi) is 7.13. The van der Waals surface area contributed by atoms with Crippen molar-refractivity contribution in [3.05, 3.63) is 48.8 Å². The van der Waals surface area contributed by atoms with Crippen LogP contribution < -0.4 is 20.1 Å². The summed E-state index contributed by atoms with van der Waals surface area (Å²) in [6.07, 6.45) is 4.65. The zero-order valence-electron chi connectivity index (χ0n) is 19.4. The first-order chi connectivity index (χ1) is 16.3. The Labute approximate surface area is 199 Å². The van der Waals surface area contributed by atoms with Crippen LogP contribution in [0, 0.1) is 0 Å². The fourth-order valence-electron chi connectivity index (χ4n) is 3.69. The molecule has 1 saturated heterocycles. The van der Waals surface area contributed by atoms with E-state index in [2.05, 4.69) is 37.5 Å². The van der Waals surface area contributed by atoms with Gasteiger partial charge >= 0.3 is 0 Å². The van der Waals surface area contributed by atoms with Crippen LogP contribution >= 0.6 is 0 Å². The summed E-state index contributed by atoms with van der Waals surface area (Å²) >= 11 is 0. The lowest BCUT2D eigenvalue weighted by Crippen LogP contribution is -2.35. The van der Waals surface area contributed by atoms with Crippen molar-refractivity contribution in [2.75, 3.05) is 44.1 Å². The van der Waals surface area contributed by atoms with E-state index in [1.165, 1.54) is 12.4 Å². The topological polar surface area (TPSA) is 119 Å². The highest BCUT2D eigenvalue weighted by Gasteiger charge is 2.19. The molecule has 0 radical (unpaired) electrons. The Hall–Kier alpha value is -3.44. The number of benzene rings is 2. The van der Waals surface area contributed by atoms with Crippen LogP contribution in [0.2, 0.25) is 0 Å². The summed E-state index contributed by atoms with van der Waals surface area (Å²) in [5.41, 5.74) is 1.04. The predicted octanol–water partition coefficient (Wildman–Crippen LogP) is 3.24. The van der Waals surface area contributed by atoms with E-state index in [1.54, 1.807) is 25.3 Å². The van der Waals surface area contributed by atoms with Crippen LogP contribution in [0.5, 0.6) is 11.5 Å². The average Bonchev–Trinajstić information content (AvgIpc) is 2.81. The summed E-state index contributed by atoms with van der Waals surface area (Å²) < 4.78 is 35.8. The summed E-state index contributed by atoms with van der Waals surface area (Å²) in [5.74, 6) is 1.81. The highest BCUT2D eigenvalue weighted by atomic mass is 32.2. The van der Waals surface area contributed by atoms with Gasteiger partial charge in [-0.15, -0.1) is 0 Å². The maximum absolute atomic E-state index is 12.1. The number of methoxy groups -OCH3 is 1. The first-order valence-electron chi connectivity index (χ1n) is 10.9. The van der Waals surface area contributed by atoms with Crippen LogP contribution in [0.4, 0.5) is 23.3 Å². The van der Waals surface area contributed by atoms with E-state index in [9.17, 15) is 8.42 Å². The number of aromatic nitrogens is 3. The number of sulfone groups is 1. The van der Waals surface area contributed by atoms with Gasteiger partial charge in [0.15, 0.2) is 9.84 Å². The van der Waals surface area contributed by atoms with Gasteiger partial charge in [0.1, 0.15) is 23.9 Å². The van der Waals surface area contributed by atoms with Gasteiger partial charge in [0, 0.05) is 25.4 Å². The fourth-order valence-corrected chi connectivity index (χ4v) is 4.54. The van der Waals surface area contributed by atoms with Crippen molar-refractivity contribution < 1.29 is 17.9 Å². The van der Waals surface area contributed by atoms with E-state index in [1.807, 2.05) is 18.2 Å². The molecular formula is C23H28N6O4S. The van der Waals surface area contributed by atoms with Crippen molar-refractivity contribution >= 4 is 33.1 Å². The molecule has 0 saturated carbocycles. The van der Waals surface area contributed by atoms with E-state index in [0.29, 0.717) is 17.1 Å². The zero-order valence-corrected chi connectivity index (χ0v) is 20.2. The number of nitrogens with zero attached hydrogens (tertiary/aromatic N) is 4. The number of hydrogen-bond donors (Lipinski definition) is 2. The van der Waals surface area contributed by atoms with Gasteiger partial charge in [-0.2, -0.15) is 4.98 Å². The highest BCUT2D eigenvalue weighted by molar-refractivity contribution is 7.90. The first-order valence-corrected chi connectivity index (χ1v) is 12.8. The molecule has 1 aliphatic rings. The third-order valence-electron chi connectivity index (χ3n) is 5.49. The van der Waals surface area contributed by atoms with E-state index in [0.717, 1.165) is 37.9 Å². The minimum absolute atomic E-state index is 0.159. The lowest BCUT2D eigenvalue weighted by atomic mass is 10.1. The molecule has 2 N–H and O–H groups in total. The Morgan fingerprint density at radius 1 is 1.00 bits per heavy atom. The Morgan fingerprint density at radius 2 is 1.68 bits per heavy atom. The van der Waals surface area contributed by atoms with Crippen molar-refractivity contribution in [2.24, 2.45) is 0 Å². The standard InChI is InChI=1S/C23H28N6O4S/c1-29-12-10-16(11-13-29)33-17-8-9-18(20(14-17)32-2)26-22-24-15-25-23(28-22)27-19-6-4-5-7-21(19)34(3,30)31/h4-9,14-16H,10-13H2,1-3H3,(H2,24,25,26,27,28). The second-order valence-corrected chi connectivity index (χ2v) is 10.1. The third kappa shape index (κ3) is 5.91. The smallest absolute Gasteiger partial charge is 0.232 e. The third-order valence-corrected chi connectivity index (χ3v) is 6.65. The minimum Gasteiger partial charge on any atom is -0.494 e. The fraction of sp³-hybridized carbons (Fsp3) is 0.348. The van der Waals surface area contributed by atoms with Crippen LogP contribution in [0.3, 0.4) is 0 Å². The quantitative estimate of drug-likeness (QED) is 0.493. The summed E-state index contributed by atoms with van der Waals surface area (Å²) in [4.78, 5) is 15.1. The molecule has 0 atom stereocenters. The summed E-state index contributed by atoms with van der Waals surface area (Å²) in [6.45, 7) is 2.04. The average molecular weight is 485 g/mol. The van der Waals surface area contributed by atoms with Crippen LogP contribution in [-0.4, -0.2) is 67.9 Å². The number of nitrogens with one attached hydrogen (secondary N) is 2. The van der Waals surface area contributed by atoms with Crippen molar-refractivity contribution in [3.63, 3.8) is 0 Å². The highest BCUT2D eigenvalue weighted by Crippen LogP contribution is 2.32. The van der Waals surface area contributed by atoms with Gasteiger partial charge in [-0.1, -0.05) is 12.1 Å². The molecule has 10 nitrogen and oxygen atoms in total. The largest absolute Gasteiger partial charge is 0.494 e. The van der Waals surface area contributed by atoms with Gasteiger partial charge in [0.25, 0.3) is 0 Å². The van der Waals surface area contributed by atoms with Gasteiger partial charge in [0.05, 0.1) is 23.4 Å². The second kappa shape index (κ2) is 10.2. The number of rotatable bonds is 8. The molecule has 1 aromatic heterocycles. The molecule has 4 rings (SSSR count). The molecule has 180 valence electrons. The van der Waals surface area contributed by atoms with E-state index in [-0.39, 0.29) is 22.9 Å². The second-order valence-electron chi connectivity index (χ2n) is 8.13. The minimum atomic E-state index is -3.42. The number of likely N-dealkylation sites (tertiary alicyclic amines) is 1. The number of para-hydroxylation sites is 1. The maximum Gasteiger partial charge on any atom is 0.232 e. The molecule has 34 heavy (non-hydrogen) atoms. The molecule has 1 fully saturated rings. The first kappa shape index (κ1) is 23.7. The van der Waals surface area contributed by atoms with Gasteiger partial charge in [-0.3, -0.25) is 0 Å². The van der Waals surface area contributed by atoms with Gasteiger partial charge in [-0.05, 0) is 44.2 Å². The zero-order chi connectivity index (χ0) is 24.1. The van der Waals surface area contributed by atoms with Gasteiger partial charge in [-0.25, -0.2) is 18.4 Å². The van der Waals surface area contributed by atoms with Crippen molar-refractivity contribution in [1.82, 2.24) is 19.9 Å². The van der Waals surface area contributed by atoms with Gasteiger partial charge in [0.2, 0.25) is 11.9 Å². The molecule has 3 aromatic rings. The molecule has 0 bridgehead atoms. The van der Waals surface area contributed by atoms with Crippen LogP contribution in [-0.2, 0) is 9.84 Å². The molecule has 0 spiro atoms. The van der Waals surface area contributed by atoms with E-state index < -0.39 is 9.84 Å². The Bertz CT molecular complexity index is 1250. The number of ether oxygens (including phenoxy) is 2. The van der Waals surface area contributed by atoms with Crippen LogP contribution in [0.25, 0.3) is 0 Å². The molecule has 2 heterocycles. The monoisotopic (exact) mass is 484 g/mol. The van der Waals surface area contributed by atoms with E-state index in [4.69, 9.17) is 9.47 Å². The molecule has 1 aliphatic heterocycles. The molecule has 0 aliphatic carbocycles. The normalized spacial score (nSPS) is 15.0. The predicted molar refractivity (Wildman–Crippen MR) is 130 cm³/mol. The summed E-state index contributed by atoms with van der Waals surface area (Å²) in [6, 6.07) is 12.1.